The van der Waals surface area contributed by atoms with Crippen molar-refractivity contribution < 1.29 is 28.2 Å². The molecule has 0 spiro atoms. The number of carbonyl (C=O) groups is 2. The van der Waals surface area contributed by atoms with Crippen molar-refractivity contribution in [2.45, 2.75) is 45.1 Å². The number of amides is 2. The van der Waals surface area contributed by atoms with Crippen LogP contribution >= 0.6 is 22.6 Å². The number of nitrogens with zero attached hydrogens (tertiary/aromatic N) is 3. The minimum atomic E-state index is -1.00. The highest BCUT2D eigenvalue weighted by atomic mass is 127. The number of hydrogen-bond acceptors (Lipinski definition) is 6. The fourth-order valence-corrected chi connectivity index (χ4v) is 5.97. The first kappa shape index (κ1) is 24.0. The van der Waals surface area contributed by atoms with Crippen molar-refractivity contribution in [3.63, 3.8) is 0 Å². The maximum atomic E-state index is 14.2. The third-order valence-electron chi connectivity index (χ3n) is 6.83. The zero-order chi connectivity index (χ0) is 25.2. The van der Waals surface area contributed by atoms with Gasteiger partial charge in [-0.3, -0.25) is 24.1 Å². The van der Waals surface area contributed by atoms with E-state index in [4.69, 9.17) is 4.74 Å². The Morgan fingerprint density at radius 1 is 1.29 bits per heavy atom. The number of pyridine rings is 1. The molecule has 0 saturated carbocycles. The highest BCUT2D eigenvalue weighted by Gasteiger charge is 2.53. The van der Waals surface area contributed by atoms with E-state index in [1.807, 2.05) is 18.9 Å². The second-order valence-corrected chi connectivity index (χ2v) is 10.4. The molecule has 1 aromatic carbocycles. The van der Waals surface area contributed by atoms with E-state index < -0.39 is 40.2 Å². The maximum Gasteiger partial charge on any atom is 0.278 e. The van der Waals surface area contributed by atoms with Gasteiger partial charge >= 0.3 is 0 Å². The van der Waals surface area contributed by atoms with Gasteiger partial charge in [-0.25, -0.2) is 8.78 Å². The summed E-state index contributed by atoms with van der Waals surface area (Å²) in [7, 11) is 0. The second kappa shape index (κ2) is 8.73. The van der Waals surface area contributed by atoms with E-state index in [1.54, 1.807) is 27.5 Å². The average Bonchev–Trinajstić information content (AvgIpc) is 3.36. The molecule has 0 aliphatic carbocycles. The van der Waals surface area contributed by atoms with Gasteiger partial charge in [0.05, 0.1) is 19.3 Å². The molecule has 0 radical (unpaired) electrons. The van der Waals surface area contributed by atoms with E-state index in [2.05, 4.69) is 5.32 Å². The molecule has 12 heteroatoms. The minimum absolute atomic E-state index is 0.0657. The zero-order valence-electron chi connectivity index (χ0n) is 18.9. The lowest BCUT2D eigenvalue weighted by Crippen LogP contribution is -2.63. The van der Waals surface area contributed by atoms with Crippen LogP contribution in [0.15, 0.2) is 23.1 Å². The van der Waals surface area contributed by atoms with Crippen molar-refractivity contribution in [3.05, 3.63) is 60.6 Å². The van der Waals surface area contributed by atoms with Crippen molar-refractivity contribution in [2.24, 2.45) is 5.92 Å². The molecule has 3 atom stereocenters. The van der Waals surface area contributed by atoms with E-state index in [9.17, 15) is 28.3 Å². The second-order valence-electron chi connectivity index (χ2n) is 9.21. The molecule has 1 aromatic heterocycles. The SMILES string of the molecule is CC(C)N1C(=O)c2c(O)c(=O)c(C(=O)NCc3c(F)cc(F)cc3I)cn2N2[C@H]3COC[C@H]3C[C@@H]12. The molecule has 2 saturated heterocycles. The summed E-state index contributed by atoms with van der Waals surface area (Å²) >= 11 is 1.76. The Bertz CT molecular complexity index is 1280. The molecule has 4 heterocycles. The molecule has 2 aromatic rings. The van der Waals surface area contributed by atoms with Gasteiger partial charge in [-0.15, -0.1) is 0 Å². The normalized spacial score (nSPS) is 22.9. The number of carbonyl (C=O) groups excluding carboxylic acids is 2. The molecular formula is C23H23F2IN4O5. The predicted octanol–water partition coefficient (Wildman–Crippen LogP) is 1.91. The van der Waals surface area contributed by atoms with Gasteiger partial charge in [-0.1, -0.05) is 0 Å². The molecular weight excluding hydrogens is 577 g/mol. The quantitative estimate of drug-likeness (QED) is 0.521. The van der Waals surface area contributed by atoms with Crippen molar-refractivity contribution in [3.8, 4) is 5.75 Å². The van der Waals surface area contributed by atoms with Crippen molar-refractivity contribution in [2.75, 3.05) is 18.2 Å². The van der Waals surface area contributed by atoms with Crippen LogP contribution < -0.4 is 15.8 Å². The molecule has 3 aliphatic rings. The Hall–Kier alpha value is -2.74. The number of aromatic hydroxyl groups is 1. The molecule has 2 amide bonds. The van der Waals surface area contributed by atoms with Crippen LogP contribution in [0.25, 0.3) is 0 Å². The molecule has 3 aliphatic heterocycles. The minimum Gasteiger partial charge on any atom is -0.502 e. The van der Waals surface area contributed by atoms with Crippen LogP contribution in [0, 0.1) is 21.1 Å². The van der Waals surface area contributed by atoms with Crippen molar-refractivity contribution in [1.29, 1.82) is 0 Å². The van der Waals surface area contributed by atoms with Crippen molar-refractivity contribution in [1.82, 2.24) is 14.9 Å². The van der Waals surface area contributed by atoms with Crippen LogP contribution in [-0.4, -0.2) is 58.0 Å². The zero-order valence-corrected chi connectivity index (χ0v) is 21.1. The lowest BCUT2D eigenvalue weighted by molar-refractivity contribution is 0.0471. The van der Waals surface area contributed by atoms with E-state index in [0.29, 0.717) is 25.7 Å². The molecule has 186 valence electrons. The van der Waals surface area contributed by atoms with Crippen LogP contribution in [0.2, 0.25) is 0 Å². The van der Waals surface area contributed by atoms with E-state index in [-0.39, 0.29) is 45.5 Å². The molecule has 0 unspecified atom stereocenters. The largest absolute Gasteiger partial charge is 0.502 e. The number of hydrogen-bond donors (Lipinski definition) is 2. The molecule has 0 bridgehead atoms. The van der Waals surface area contributed by atoms with Gasteiger partial charge in [-0.2, -0.15) is 0 Å². The molecule has 9 nitrogen and oxygen atoms in total. The monoisotopic (exact) mass is 600 g/mol. The third kappa shape index (κ3) is 3.77. The highest BCUT2D eigenvalue weighted by Crippen LogP contribution is 2.40. The number of benzene rings is 1. The lowest BCUT2D eigenvalue weighted by atomic mass is 10.0. The first-order chi connectivity index (χ1) is 16.6. The summed E-state index contributed by atoms with van der Waals surface area (Å²) in [5.74, 6) is -3.58. The molecule has 35 heavy (non-hydrogen) atoms. The van der Waals surface area contributed by atoms with Gasteiger partial charge in [0.2, 0.25) is 5.43 Å². The number of halogens is 3. The van der Waals surface area contributed by atoms with Crippen LogP contribution in [0.5, 0.6) is 5.75 Å². The van der Waals surface area contributed by atoms with Crippen LogP contribution in [-0.2, 0) is 11.3 Å². The van der Waals surface area contributed by atoms with Gasteiger partial charge in [0.15, 0.2) is 11.4 Å². The Morgan fingerprint density at radius 3 is 2.71 bits per heavy atom. The molecule has 2 fully saturated rings. The van der Waals surface area contributed by atoms with Crippen LogP contribution in [0.4, 0.5) is 8.78 Å². The van der Waals surface area contributed by atoms with E-state index in [1.165, 1.54) is 10.9 Å². The molecule has 5 rings (SSSR count). The van der Waals surface area contributed by atoms with Gasteiger partial charge in [0.1, 0.15) is 23.4 Å². The number of fused-ring (bicyclic) bond motifs is 5. The first-order valence-corrected chi connectivity index (χ1v) is 12.3. The summed E-state index contributed by atoms with van der Waals surface area (Å²) in [5, 5.41) is 15.1. The summed E-state index contributed by atoms with van der Waals surface area (Å²) in [6.45, 7) is 4.38. The first-order valence-electron chi connectivity index (χ1n) is 11.2. The fourth-order valence-electron chi connectivity index (χ4n) is 5.22. The Labute approximate surface area is 212 Å². The van der Waals surface area contributed by atoms with Gasteiger partial charge in [-0.05, 0) is 48.9 Å². The highest BCUT2D eigenvalue weighted by molar-refractivity contribution is 14.1. The van der Waals surface area contributed by atoms with Crippen LogP contribution in [0.1, 0.15) is 46.7 Å². The summed E-state index contributed by atoms with van der Waals surface area (Å²) in [4.78, 5) is 40.9. The number of ether oxygens (including phenoxy) is 1. The topological polar surface area (TPSA) is 104 Å². The van der Waals surface area contributed by atoms with Gasteiger partial charge < -0.3 is 20.1 Å². The number of aromatic nitrogens is 1. The van der Waals surface area contributed by atoms with E-state index >= 15 is 0 Å². The number of nitrogens with one attached hydrogen (secondary N) is 1. The van der Waals surface area contributed by atoms with Gasteiger partial charge in [0, 0.05) is 39.9 Å². The maximum absolute atomic E-state index is 14.2. The van der Waals surface area contributed by atoms with Crippen LogP contribution in [0.3, 0.4) is 0 Å². The smallest absolute Gasteiger partial charge is 0.278 e. The third-order valence-corrected chi connectivity index (χ3v) is 7.79. The summed E-state index contributed by atoms with van der Waals surface area (Å²) in [6.07, 6.45) is 1.59. The summed E-state index contributed by atoms with van der Waals surface area (Å²) in [6, 6.07) is 1.56. The predicted molar refractivity (Wildman–Crippen MR) is 129 cm³/mol. The summed E-state index contributed by atoms with van der Waals surface area (Å²) in [5.41, 5.74) is -1.54. The lowest BCUT2D eigenvalue weighted by Gasteiger charge is -2.46. The summed E-state index contributed by atoms with van der Waals surface area (Å²) < 4.78 is 34.9. The van der Waals surface area contributed by atoms with Crippen molar-refractivity contribution >= 4 is 34.4 Å². The Morgan fingerprint density at radius 2 is 2.03 bits per heavy atom. The van der Waals surface area contributed by atoms with Gasteiger partial charge in [0.25, 0.3) is 11.8 Å². The Balaban J connectivity index is 1.54. The number of rotatable bonds is 4. The standard InChI is InChI=1S/C23H23F2IN4O5/c1-10(2)29-18-3-11-8-35-9-17(11)30(18)28-7-14(20(31)21(32)19(28)23(29)34)22(33)27-6-13-15(25)4-12(24)5-16(13)26/h4-5,7,10-11,17-18,32H,3,6,8-9H2,1-2H3,(H,27,33)/t11-,17+,18+/m1/s1. The molecule has 2 N–H and O–H groups in total. The Kier molecular flexibility index (Phi) is 5.98. The fraction of sp³-hybridized carbons (Fsp3) is 0.435. The average molecular weight is 600 g/mol. The van der Waals surface area contributed by atoms with E-state index in [0.717, 1.165) is 6.07 Å².